The molecule has 0 saturated heterocycles. The third-order valence-electron chi connectivity index (χ3n) is 4.02. The first-order valence-electron chi connectivity index (χ1n) is 7.98. The molecule has 134 valence electrons. The molecule has 1 aliphatic rings. The van der Waals surface area contributed by atoms with Crippen molar-refractivity contribution in [3.05, 3.63) is 64.7 Å². The highest BCUT2D eigenvalue weighted by Crippen LogP contribution is 2.39. The maximum absolute atomic E-state index is 13.3. The number of rotatable bonds is 4. The highest BCUT2D eigenvalue weighted by molar-refractivity contribution is 6.14. The Kier molecular flexibility index (Phi) is 4.75. The summed E-state index contributed by atoms with van der Waals surface area (Å²) in [6, 6.07) is 9.06. The number of hydrogen-bond donors (Lipinski definition) is 0. The zero-order chi connectivity index (χ0) is 18.8. The molecule has 26 heavy (non-hydrogen) atoms. The van der Waals surface area contributed by atoms with Crippen LogP contribution in [-0.2, 0) is 9.53 Å². The predicted molar refractivity (Wildman–Crippen MR) is 92.6 cm³/mol. The second kappa shape index (κ2) is 7.00. The molecule has 0 fully saturated rings. The molecule has 2 aromatic rings. The van der Waals surface area contributed by atoms with Crippen LogP contribution in [0, 0.1) is 12.7 Å². The molecule has 1 aliphatic heterocycles. The molecule has 0 aromatic heterocycles. The monoisotopic (exact) mass is 356 g/mol. The normalized spacial score (nSPS) is 15.4. The molecule has 0 radical (unpaired) electrons. The van der Waals surface area contributed by atoms with Crippen LogP contribution in [0.1, 0.15) is 28.4 Å². The third-order valence-corrected chi connectivity index (χ3v) is 4.02. The minimum atomic E-state index is -0.795. The van der Waals surface area contributed by atoms with Gasteiger partial charge in [0.2, 0.25) is 5.78 Å². The molecule has 2 aromatic carbocycles. The van der Waals surface area contributed by atoms with Gasteiger partial charge in [0.05, 0.1) is 12.7 Å². The molecule has 0 aliphatic carbocycles. The van der Waals surface area contributed by atoms with Crippen molar-refractivity contribution in [2.45, 2.75) is 20.0 Å². The van der Waals surface area contributed by atoms with Gasteiger partial charge in [-0.15, -0.1) is 0 Å². The first-order chi connectivity index (χ1) is 12.4. The van der Waals surface area contributed by atoms with Gasteiger partial charge in [0, 0.05) is 5.56 Å². The van der Waals surface area contributed by atoms with Crippen molar-refractivity contribution in [1.82, 2.24) is 0 Å². The van der Waals surface area contributed by atoms with Gasteiger partial charge in [0.25, 0.3) is 0 Å². The molecule has 0 spiro atoms. The number of hydrogen-bond acceptors (Lipinski definition) is 5. The van der Waals surface area contributed by atoms with Crippen molar-refractivity contribution in [3.63, 3.8) is 0 Å². The van der Waals surface area contributed by atoms with E-state index in [4.69, 9.17) is 9.47 Å². The van der Waals surface area contributed by atoms with Crippen molar-refractivity contribution in [1.29, 1.82) is 0 Å². The minimum Gasteiger partial charge on any atom is -0.479 e. The Morgan fingerprint density at radius 1 is 1.27 bits per heavy atom. The molecule has 0 N–H and O–H groups in total. The lowest BCUT2D eigenvalue weighted by Gasteiger charge is -2.15. The quantitative estimate of drug-likeness (QED) is 0.618. The molecule has 0 amide bonds. The fourth-order valence-corrected chi connectivity index (χ4v) is 2.65. The lowest BCUT2D eigenvalue weighted by atomic mass is 10.1. The predicted octanol–water partition coefficient (Wildman–Crippen LogP) is 3.69. The van der Waals surface area contributed by atoms with Gasteiger partial charge in [0.1, 0.15) is 17.3 Å². The Balaban J connectivity index is 1.90. The highest BCUT2D eigenvalue weighted by Gasteiger charge is 2.30. The van der Waals surface area contributed by atoms with E-state index in [0.29, 0.717) is 28.2 Å². The summed E-state index contributed by atoms with van der Waals surface area (Å²) in [6.45, 7) is 3.30. The van der Waals surface area contributed by atoms with E-state index in [9.17, 15) is 14.0 Å². The standard InChI is InChI=1S/C20H17FO5/c1-11-16(25-12(2)20(23)24-3)8-7-15-18(22)17(26-19(11)15)10-13-5-4-6-14(21)9-13/h4-10,12H,1-3H3/b17-10-. The lowest BCUT2D eigenvalue weighted by molar-refractivity contribution is -0.147. The number of carbonyl (C=O) groups is 2. The van der Waals surface area contributed by atoms with Crippen LogP contribution in [0.2, 0.25) is 0 Å². The molecule has 1 unspecified atom stereocenters. The van der Waals surface area contributed by atoms with Crippen LogP contribution in [0.15, 0.2) is 42.2 Å². The highest BCUT2D eigenvalue weighted by atomic mass is 19.1. The number of esters is 1. The van der Waals surface area contributed by atoms with Crippen molar-refractivity contribution in [2.75, 3.05) is 7.11 Å². The Hall–Kier alpha value is -3.15. The fraction of sp³-hybridized carbons (Fsp3) is 0.200. The molecular formula is C20H17FO5. The van der Waals surface area contributed by atoms with E-state index < -0.39 is 17.9 Å². The van der Waals surface area contributed by atoms with Gasteiger partial charge >= 0.3 is 5.97 Å². The van der Waals surface area contributed by atoms with Gasteiger partial charge in [0.15, 0.2) is 11.9 Å². The average molecular weight is 356 g/mol. The summed E-state index contributed by atoms with van der Waals surface area (Å²) >= 11 is 0. The summed E-state index contributed by atoms with van der Waals surface area (Å²) in [5.41, 5.74) is 1.51. The topological polar surface area (TPSA) is 61.8 Å². The summed E-state index contributed by atoms with van der Waals surface area (Å²) in [4.78, 5) is 24.0. The van der Waals surface area contributed by atoms with Crippen molar-refractivity contribution >= 4 is 17.8 Å². The maximum Gasteiger partial charge on any atom is 0.346 e. The van der Waals surface area contributed by atoms with Crippen molar-refractivity contribution in [2.24, 2.45) is 0 Å². The van der Waals surface area contributed by atoms with Gasteiger partial charge in [-0.1, -0.05) is 12.1 Å². The van der Waals surface area contributed by atoms with Gasteiger partial charge in [-0.3, -0.25) is 4.79 Å². The minimum absolute atomic E-state index is 0.104. The second-order valence-corrected chi connectivity index (χ2v) is 5.84. The molecular weight excluding hydrogens is 339 g/mol. The van der Waals surface area contributed by atoms with Gasteiger partial charge in [-0.05, 0) is 49.8 Å². The number of Topliss-reactive ketones (excluding diaryl/α,β-unsaturated/α-hetero) is 1. The van der Waals surface area contributed by atoms with Crippen LogP contribution in [0.3, 0.4) is 0 Å². The van der Waals surface area contributed by atoms with Crippen LogP contribution in [0.5, 0.6) is 11.5 Å². The number of methoxy groups -OCH3 is 1. The smallest absolute Gasteiger partial charge is 0.346 e. The first kappa shape index (κ1) is 17.7. The summed E-state index contributed by atoms with van der Waals surface area (Å²) < 4.78 is 29.3. The van der Waals surface area contributed by atoms with Crippen molar-refractivity contribution in [3.8, 4) is 11.5 Å². The molecule has 3 rings (SSSR count). The Labute approximate surface area is 150 Å². The number of fused-ring (bicyclic) bond motifs is 1. The van der Waals surface area contributed by atoms with E-state index in [1.807, 2.05) is 0 Å². The van der Waals surface area contributed by atoms with Crippen molar-refractivity contribution < 1.29 is 28.2 Å². The Bertz CT molecular complexity index is 916. The molecule has 1 heterocycles. The molecule has 0 saturated carbocycles. The second-order valence-electron chi connectivity index (χ2n) is 5.84. The van der Waals surface area contributed by atoms with E-state index >= 15 is 0 Å². The van der Waals surface area contributed by atoms with Crippen LogP contribution in [0.4, 0.5) is 4.39 Å². The summed E-state index contributed by atoms with van der Waals surface area (Å²) in [7, 11) is 1.28. The maximum atomic E-state index is 13.3. The lowest BCUT2D eigenvalue weighted by Crippen LogP contribution is -2.25. The Morgan fingerprint density at radius 2 is 2.04 bits per heavy atom. The number of allylic oxidation sites excluding steroid dienone is 1. The van der Waals surface area contributed by atoms with E-state index in [0.717, 1.165) is 0 Å². The first-order valence-corrected chi connectivity index (χ1v) is 7.98. The van der Waals surface area contributed by atoms with E-state index in [-0.39, 0.29) is 11.5 Å². The summed E-state index contributed by atoms with van der Waals surface area (Å²) in [5, 5.41) is 0. The summed E-state index contributed by atoms with van der Waals surface area (Å²) in [6.07, 6.45) is 0.693. The van der Waals surface area contributed by atoms with Crippen LogP contribution < -0.4 is 9.47 Å². The number of ketones is 1. The van der Waals surface area contributed by atoms with E-state index in [1.165, 1.54) is 25.3 Å². The van der Waals surface area contributed by atoms with Crippen LogP contribution in [0.25, 0.3) is 6.08 Å². The van der Waals surface area contributed by atoms with E-state index in [2.05, 4.69) is 4.74 Å². The third kappa shape index (κ3) is 3.31. The Morgan fingerprint density at radius 3 is 2.73 bits per heavy atom. The molecule has 0 bridgehead atoms. The van der Waals surface area contributed by atoms with Gasteiger partial charge in [-0.2, -0.15) is 0 Å². The van der Waals surface area contributed by atoms with Crippen LogP contribution >= 0.6 is 0 Å². The fourth-order valence-electron chi connectivity index (χ4n) is 2.65. The SMILES string of the molecule is COC(=O)C(C)Oc1ccc2c(c1C)O/C(=C\c1cccc(F)c1)C2=O. The zero-order valence-electron chi connectivity index (χ0n) is 14.5. The number of carbonyl (C=O) groups excluding carboxylic acids is 2. The largest absolute Gasteiger partial charge is 0.479 e. The number of ether oxygens (including phenoxy) is 3. The molecule has 5 nitrogen and oxygen atoms in total. The zero-order valence-corrected chi connectivity index (χ0v) is 14.5. The van der Waals surface area contributed by atoms with Gasteiger partial charge in [-0.25, -0.2) is 9.18 Å². The summed E-state index contributed by atoms with van der Waals surface area (Å²) in [5.74, 6) is -0.306. The number of benzene rings is 2. The van der Waals surface area contributed by atoms with Crippen LogP contribution in [-0.4, -0.2) is 25.0 Å². The van der Waals surface area contributed by atoms with E-state index in [1.54, 1.807) is 38.1 Å². The molecule has 1 atom stereocenters. The van der Waals surface area contributed by atoms with Gasteiger partial charge < -0.3 is 14.2 Å². The molecule has 6 heteroatoms. The average Bonchev–Trinajstić information content (AvgIpc) is 2.93. The number of halogens is 1.